The molecule has 0 bridgehead atoms. The van der Waals surface area contributed by atoms with Crippen LogP contribution in [-0.2, 0) is 4.79 Å². The topological polar surface area (TPSA) is 88.4 Å². The summed E-state index contributed by atoms with van der Waals surface area (Å²) in [4.78, 5) is 25.9. The van der Waals surface area contributed by atoms with E-state index in [9.17, 15) is 14.0 Å². The molecule has 2 aromatic carbocycles. The summed E-state index contributed by atoms with van der Waals surface area (Å²) in [5.41, 5.74) is 1.16. The third-order valence-electron chi connectivity index (χ3n) is 5.01. The molecule has 0 aliphatic heterocycles. The number of thiophene rings is 1. The molecule has 174 valence electrons. The first-order valence-corrected chi connectivity index (χ1v) is 11.1. The fourth-order valence-electron chi connectivity index (χ4n) is 3.23. The van der Waals surface area contributed by atoms with Crippen molar-refractivity contribution in [2.45, 2.75) is 19.8 Å². The van der Waals surface area contributed by atoms with E-state index in [1.165, 1.54) is 36.6 Å². The molecule has 0 aliphatic rings. The molecule has 0 unspecified atom stereocenters. The van der Waals surface area contributed by atoms with E-state index in [1.54, 1.807) is 30.5 Å². The second-order valence-electron chi connectivity index (χ2n) is 7.21. The van der Waals surface area contributed by atoms with Gasteiger partial charge in [0.25, 0.3) is 0 Å². The highest BCUT2D eigenvalue weighted by Crippen LogP contribution is 2.31. The average Bonchev–Trinajstić information content (AvgIpc) is 3.15. The summed E-state index contributed by atoms with van der Waals surface area (Å²) in [5.74, 6) is -0.0324. The fraction of sp³-hybridized carbons (Fsp3) is 0.292. The monoisotopic (exact) mass is 472 g/mol. The number of halogens is 1. The summed E-state index contributed by atoms with van der Waals surface area (Å²) in [6, 6.07) is 9.60. The number of ketones is 1. The van der Waals surface area contributed by atoms with Crippen molar-refractivity contribution in [2.24, 2.45) is 5.10 Å². The molecule has 0 saturated heterocycles. The zero-order valence-corrected chi connectivity index (χ0v) is 19.4. The number of nitrogens with zero attached hydrogens (tertiary/aromatic N) is 2. The lowest BCUT2D eigenvalue weighted by molar-refractivity contribution is -0.129. The molecule has 7 nitrogen and oxygen atoms in total. The molecule has 9 heteroatoms. The molecule has 3 aromatic rings. The minimum atomic E-state index is -0.321. The van der Waals surface area contributed by atoms with Gasteiger partial charge in [-0.1, -0.05) is 12.1 Å². The predicted octanol–water partition coefficient (Wildman–Crippen LogP) is 4.18. The van der Waals surface area contributed by atoms with Crippen LogP contribution in [-0.4, -0.2) is 55.4 Å². The van der Waals surface area contributed by atoms with Gasteiger partial charge in [0, 0.05) is 41.3 Å². The average molecular weight is 473 g/mol. The lowest BCUT2D eigenvalue weighted by Gasteiger charge is -2.12. The van der Waals surface area contributed by atoms with Gasteiger partial charge in [0.1, 0.15) is 12.4 Å². The van der Waals surface area contributed by atoms with E-state index in [4.69, 9.17) is 14.6 Å². The summed E-state index contributed by atoms with van der Waals surface area (Å²) in [7, 11) is 2.97. The van der Waals surface area contributed by atoms with E-state index < -0.39 is 0 Å². The first kappa shape index (κ1) is 24.3. The Labute approximate surface area is 195 Å². The molecule has 0 radical (unpaired) electrons. The number of hydrogen-bond donors (Lipinski definition) is 1. The lowest BCUT2D eigenvalue weighted by Crippen LogP contribution is -2.22. The van der Waals surface area contributed by atoms with Crippen molar-refractivity contribution in [1.82, 2.24) is 5.01 Å². The van der Waals surface area contributed by atoms with Gasteiger partial charge >= 0.3 is 0 Å². The number of Topliss-reactive ketones (excluding diaryl/α,β-unsaturated/α-hetero) is 1. The Hall–Kier alpha value is -3.30. The number of hydrazone groups is 1. The SMILES string of the molecule is COc1cc(C(=O)CCC(=O)N(C)/N=C/c2c(C)sc3c(F)cccc23)ccc1OCCO. The number of carbonyl (C=O) groups excluding carboxylic acids is 2. The Morgan fingerprint density at radius 1 is 1.21 bits per heavy atom. The van der Waals surface area contributed by atoms with E-state index in [1.807, 2.05) is 13.0 Å². The second kappa shape index (κ2) is 11.0. The Balaban J connectivity index is 1.62. The van der Waals surface area contributed by atoms with Crippen LogP contribution in [0.4, 0.5) is 4.39 Å². The molecule has 1 aromatic heterocycles. The second-order valence-corrected chi connectivity index (χ2v) is 8.44. The van der Waals surface area contributed by atoms with Crippen LogP contribution >= 0.6 is 11.3 Å². The van der Waals surface area contributed by atoms with Crippen molar-refractivity contribution >= 4 is 39.3 Å². The first-order chi connectivity index (χ1) is 15.8. The van der Waals surface area contributed by atoms with Crippen molar-refractivity contribution in [1.29, 1.82) is 0 Å². The number of hydrogen-bond acceptors (Lipinski definition) is 7. The third kappa shape index (κ3) is 5.74. The number of aryl methyl sites for hydroxylation is 1. The summed E-state index contributed by atoms with van der Waals surface area (Å²) in [6.45, 7) is 1.85. The molecule has 33 heavy (non-hydrogen) atoms. The van der Waals surface area contributed by atoms with Crippen molar-refractivity contribution in [3.05, 3.63) is 58.2 Å². The molecular formula is C24H25FN2O5S. The zero-order chi connectivity index (χ0) is 24.0. The number of ether oxygens (including phenoxy) is 2. The highest BCUT2D eigenvalue weighted by Gasteiger charge is 2.16. The highest BCUT2D eigenvalue weighted by molar-refractivity contribution is 7.19. The number of benzene rings is 2. The van der Waals surface area contributed by atoms with Gasteiger partial charge in [0.2, 0.25) is 5.91 Å². The van der Waals surface area contributed by atoms with Crippen LogP contribution in [0.2, 0.25) is 0 Å². The molecule has 1 amide bonds. The zero-order valence-electron chi connectivity index (χ0n) is 18.6. The highest BCUT2D eigenvalue weighted by atomic mass is 32.1. The Morgan fingerprint density at radius 3 is 2.73 bits per heavy atom. The van der Waals surface area contributed by atoms with Gasteiger partial charge in [-0.3, -0.25) is 9.59 Å². The number of methoxy groups -OCH3 is 1. The molecule has 0 fully saturated rings. The van der Waals surface area contributed by atoms with E-state index in [2.05, 4.69) is 5.10 Å². The summed E-state index contributed by atoms with van der Waals surface area (Å²) >= 11 is 1.34. The summed E-state index contributed by atoms with van der Waals surface area (Å²) in [6.07, 6.45) is 1.53. The molecule has 1 N–H and O–H groups in total. The van der Waals surface area contributed by atoms with Crippen LogP contribution < -0.4 is 9.47 Å². The Morgan fingerprint density at radius 2 is 2.00 bits per heavy atom. The quantitative estimate of drug-likeness (QED) is 0.272. The van der Waals surface area contributed by atoms with E-state index >= 15 is 0 Å². The molecule has 0 saturated carbocycles. The number of carbonyl (C=O) groups is 2. The lowest BCUT2D eigenvalue weighted by atomic mass is 10.1. The van der Waals surface area contributed by atoms with Gasteiger partial charge in [0.05, 0.1) is 24.6 Å². The largest absolute Gasteiger partial charge is 0.493 e. The molecule has 0 atom stereocenters. The number of aliphatic hydroxyl groups excluding tert-OH is 1. The minimum Gasteiger partial charge on any atom is -0.493 e. The maximum absolute atomic E-state index is 14.0. The van der Waals surface area contributed by atoms with Crippen molar-refractivity contribution in [3.8, 4) is 11.5 Å². The molecular weight excluding hydrogens is 447 g/mol. The van der Waals surface area contributed by atoms with Crippen LogP contribution in [0.1, 0.15) is 33.6 Å². The van der Waals surface area contributed by atoms with Gasteiger partial charge < -0.3 is 14.6 Å². The van der Waals surface area contributed by atoms with Crippen LogP contribution in [0.3, 0.4) is 0 Å². The number of amides is 1. The molecule has 3 rings (SSSR count). The van der Waals surface area contributed by atoms with E-state index in [0.29, 0.717) is 21.8 Å². The van der Waals surface area contributed by atoms with E-state index in [-0.39, 0.29) is 43.6 Å². The normalized spacial score (nSPS) is 11.2. The number of fused-ring (bicyclic) bond motifs is 1. The van der Waals surface area contributed by atoms with Crippen LogP contribution in [0.25, 0.3) is 10.1 Å². The van der Waals surface area contributed by atoms with Crippen LogP contribution in [0.15, 0.2) is 41.5 Å². The minimum absolute atomic E-state index is 0.00428. The summed E-state index contributed by atoms with van der Waals surface area (Å²) in [5, 5.41) is 15.0. The number of aliphatic hydroxyl groups is 1. The maximum Gasteiger partial charge on any atom is 0.242 e. The standard InChI is InChI=1S/C24H25FN2O5S/c1-15-18(17-5-4-6-19(25)24(17)33-15)14-26-27(2)23(30)10-8-20(29)16-7-9-21(32-12-11-28)22(13-16)31-3/h4-7,9,13-14,28H,8,10-12H2,1-3H3/b26-14+. The van der Waals surface area contributed by atoms with Gasteiger partial charge in [-0.2, -0.15) is 5.10 Å². The van der Waals surface area contributed by atoms with E-state index in [0.717, 1.165) is 15.8 Å². The van der Waals surface area contributed by atoms with Gasteiger partial charge in [-0.05, 0) is 31.2 Å². The van der Waals surface area contributed by atoms with Crippen LogP contribution in [0.5, 0.6) is 11.5 Å². The molecule has 0 aliphatic carbocycles. The van der Waals surface area contributed by atoms with Gasteiger partial charge in [0.15, 0.2) is 17.3 Å². The van der Waals surface area contributed by atoms with Gasteiger partial charge in [-0.25, -0.2) is 9.40 Å². The predicted molar refractivity (Wildman–Crippen MR) is 126 cm³/mol. The molecule has 0 spiro atoms. The van der Waals surface area contributed by atoms with Crippen LogP contribution in [0, 0.1) is 12.7 Å². The third-order valence-corrected chi connectivity index (χ3v) is 6.16. The fourth-order valence-corrected chi connectivity index (χ4v) is 4.27. The smallest absolute Gasteiger partial charge is 0.242 e. The van der Waals surface area contributed by atoms with Gasteiger partial charge in [-0.15, -0.1) is 11.3 Å². The van der Waals surface area contributed by atoms with Crippen molar-refractivity contribution < 1.29 is 28.6 Å². The Bertz CT molecular complexity index is 1190. The maximum atomic E-state index is 14.0. The Kier molecular flexibility index (Phi) is 8.13. The first-order valence-electron chi connectivity index (χ1n) is 10.3. The number of rotatable bonds is 10. The summed E-state index contributed by atoms with van der Waals surface area (Å²) < 4.78 is 25.1. The molecule has 1 heterocycles. The van der Waals surface area contributed by atoms with Crippen molar-refractivity contribution in [3.63, 3.8) is 0 Å². The van der Waals surface area contributed by atoms with Crippen molar-refractivity contribution in [2.75, 3.05) is 27.4 Å².